The van der Waals surface area contributed by atoms with Crippen LogP contribution in [0, 0.1) is 0 Å². The fraction of sp³-hybridized carbons (Fsp3) is 0.688. The molecule has 0 saturated carbocycles. The van der Waals surface area contributed by atoms with Crippen molar-refractivity contribution in [1.29, 1.82) is 0 Å². The number of rotatable bonds is 6. The van der Waals surface area contributed by atoms with Gasteiger partial charge >= 0.3 is 0 Å². The Morgan fingerprint density at radius 2 is 1.95 bits per heavy atom. The zero-order valence-electron chi connectivity index (χ0n) is 13.4. The topological polar surface area (TPSA) is 28.2 Å². The van der Waals surface area contributed by atoms with Crippen LogP contribution in [-0.4, -0.2) is 25.6 Å². The van der Waals surface area contributed by atoms with E-state index < -0.39 is 0 Å². The van der Waals surface area contributed by atoms with Gasteiger partial charge in [-0.05, 0) is 31.2 Å². The van der Waals surface area contributed by atoms with Crippen molar-refractivity contribution in [2.45, 2.75) is 52.5 Å². The Kier molecular flexibility index (Phi) is 5.80. The van der Waals surface area contributed by atoms with Crippen LogP contribution in [-0.2, 0) is 12.0 Å². The van der Waals surface area contributed by atoms with Gasteiger partial charge in [0, 0.05) is 31.2 Å². The predicted octanol–water partition coefficient (Wildman–Crippen LogP) is 3.33. The van der Waals surface area contributed by atoms with E-state index in [1.54, 1.807) is 0 Å². The van der Waals surface area contributed by atoms with Crippen LogP contribution in [0.15, 0.2) is 12.1 Å². The molecule has 1 N–H and O–H groups in total. The van der Waals surface area contributed by atoms with Gasteiger partial charge in [0.1, 0.15) is 5.82 Å². The number of pyridine rings is 1. The van der Waals surface area contributed by atoms with Gasteiger partial charge in [0.25, 0.3) is 0 Å². The van der Waals surface area contributed by atoms with Crippen LogP contribution in [0.2, 0.25) is 0 Å². The number of hydrogen-bond donors (Lipinski definition) is 1. The summed E-state index contributed by atoms with van der Waals surface area (Å²) < 4.78 is 0. The van der Waals surface area contributed by atoms with Crippen LogP contribution >= 0.6 is 0 Å². The highest BCUT2D eigenvalue weighted by molar-refractivity contribution is 5.43. The monoisotopic (exact) mass is 263 g/mol. The molecule has 0 aliphatic rings. The first-order valence-electron chi connectivity index (χ1n) is 7.25. The smallest absolute Gasteiger partial charge is 0.128 e. The molecule has 108 valence electrons. The fourth-order valence-corrected chi connectivity index (χ4v) is 1.97. The van der Waals surface area contributed by atoms with Gasteiger partial charge in [0.2, 0.25) is 0 Å². The average molecular weight is 263 g/mol. The standard InChI is InChI=1S/C16H29N3/c1-7-8-9-19(6)15-11-13(12-17-5)10-14(18-15)16(2,3)4/h10-11,17H,7-9,12H2,1-6H3. The average Bonchev–Trinajstić information content (AvgIpc) is 2.35. The van der Waals surface area contributed by atoms with Crippen molar-refractivity contribution in [3.05, 3.63) is 23.4 Å². The molecule has 0 spiro atoms. The molecule has 0 aromatic carbocycles. The van der Waals surface area contributed by atoms with E-state index in [0.717, 1.165) is 18.9 Å². The maximum Gasteiger partial charge on any atom is 0.128 e. The molecule has 0 unspecified atom stereocenters. The Morgan fingerprint density at radius 3 is 2.47 bits per heavy atom. The summed E-state index contributed by atoms with van der Waals surface area (Å²) in [5, 5.41) is 3.23. The normalized spacial score (nSPS) is 11.7. The van der Waals surface area contributed by atoms with Crippen molar-refractivity contribution in [2.75, 3.05) is 25.5 Å². The highest BCUT2D eigenvalue weighted by atomic mass is 15.2. The first kappa shape index (κ1) is 16.0. The number of nitrogens with zero attached hydrogens (tertiary/aromatic N) is 2. The molecule has 0 fully saturated rings. The van der Waals surface area contributed by atoms with E-state index >= 15 is 0 Å². The van der Waals surface area contributed by atoms with Gasteiger partial charge in [-0.3, -0.25) is 0 Å². The summed E-state index contributed by atoms with van der Waals surface area (Å²) in [4.78, 5) is 7.10. The fourth-order valence-electron chi connectivity index (χ4n) is 1.97. The van der Waals surface area contributed by atoms with Crippen molar-refractivity contribution in [3.63, 3.8) is 0 Å². The lowest BCUT2D eigenvalue weighted by molar-refractivity contribution is 0.566. The predicted molar refractivity (Wildman–Crippen MR) is 83.9 cm³/mol. The van der Waals surface area contributed by atoms with Gasteiger partial charge in [0.15, 0.2) is 0 Å². The Labute approximate surface area is 118 Å². The lowest BCUT2D eigenvalue weighted by Gasteiger charge is -2.24. The van der Waals surface area contributed by atoms with Gasteiger partial charge in [-0.2, -0.15) is 0 Å². The number of anilines is 1. The van der Waals surface area contributed by atoms with Crippen LogP contribution in [0.4, 0.5) is 5.82 Å². The summed E-state index contributed by atoms with van der Waals surface area (Å²) in [6.07, 6.45) is 2.42. The molecule has 0 aliphatic carbocycles. The van der Waals surface area contributed by atoms with Crippen LogP contribution < -0.4 is 10.2 Å². The van der Waals surface area contributed by atoms with Crippen LogP contribution in [0.25, 0.3) is 0 Å². The molecule has 0 aliphatic heterocycles. The van der Waals surface area contributed by atoms with Crippen molar-refractivity contribution in [1.82, 2.24) is 10.3 Å². The highest BCUT2D eigenvalue weighted by Gasteiger charge is 2.18. The van der Waals surface area contributed by atoms with Gasteiger partial charge in [-0.25, -0.2) is 4.98 Å². The first-order valence-corrected chi connectivity index (χ1v) is 7.25. The van der Waals surface area contributed by atoms with E-state index in [2.05, 4.69) is 57.1 Å². The minimum Gasteiger partial charge on any atom is -0.360 e. The third kappa shape index (κ3) is 4.83. The molecule has 1 aromatic heterocycles. The highest BCUT2D eigenvalue weighted by Crippen LogP contribution is 2.24. The second kappa shape index (κ2) is 6.90. The van der Waals surface area contributed by atoms with Gasteiger partial charge in [0.05, 0.1) is 0 Å². The molecule has 0 atom stereocenters. The van der Waals surface area contributed by atoms with E-state index in [9.17, 15) is 0 Å². The SMILES string of the molecule is CCCCN(C)c1cc(CNC)cc(C(C)(C)C)n1. The minimum atomic E-state index is 0.0874. The van der Waals surface area contributed by atoms with Crippen LogP contribution in [0.5, 0.6) is 0 Å². The molecule has 19 heavy (non-hydrogen) atoms. The molecular weight excluding hydrogens is 234 g/mol. The van der Waals surface area contributed by atoms with Crippen LogP contribution in [0.3, 0.4) is 0 Å². The van der Waals surface area contributed by atoms with Gasteiger partial charge < -0.3 is 10.2 Å². The third-order valence-corrected chi connectivity index (χ3v) is 3.26. The molecule has 0 radical (unpaired) electrons. The summed E-state index contributed by atoms with van der Waals surface area (Å²) in [7, 11) is 4.12. The molecule has 1 rings (SSSR count). The molecular formula is C16H29N3. The Morgan fingerprint density at radius 1 is 1.26 bits per heavy atom. The van der Waals surface area contributed by atoms with E-state index in [-0.39, 0.29) is 5.41 Å². The summed E-state index contributed by atoms with van der Waals surface area (Å²) in [6, 6.07) is 4.41. The zero-order chi connectivity index (χ0) is 14.5. The zero-order valence-corrected chi connectivity index (χ0v) is 13.4. The summed E-state index contributed by atoms with van der Waals surface area (Å²) in [5.41, 5.74) is 2.56. The summed E-state index contributed by atoms with van der Waals surface area (Å²) in [5.74, 6) is 1.09. The number of nitrogens with one attached hydrogen (secondary N) is 1. The van der Waals surface area contributed by atoms with E-state index in [1.807, 2.05) is 7.05 Å². The number of aromatic nitrogens is 1. The molecule has 1 aromatic rings. The summed E-state index contributed by atoms with van der Waals surface area (Å²) >= 11 is 0. The number of unbranched alkanes of at least 4 members (excludes halogenated alkanes) is 1. The molecule has 0 amide bonds. The first-order chi connectivity index (χ1) is 8.88. The Hall–Kier alpha value is -1.09. The summed E-state index contributed by atoms with van der Waals surface area (Å²) in [6.45, 7) is 10.8. The molecule has 0 saturated heterocycles. The Bertz CT molecular complexity index is 393. The second-order valence-electron chi connectivity index (χ2n) is 6.27. The minimum absolute atomic E-state index is 0.0874. The van der Waals surface area contributed by atoms with Crippen molar-refractivity contribution in [2.24, 2.45) is 0 Å². The van der Waals surface area contributed by atoms with Crippen LogP contribution in [0.1, 0.15) is 51.8 Å². The second-order valence-corrected chi connectivity index (χ2v) is 6.27. The number of hydrogen-bond acceptors (Lipinski definition) is 3. The van der Waals surface area contributed by atoms with E-state index in [4.69, 9.17) is 4.98 Å². The van der Waals surface area contributed by atoms with E-state index in [1.165, 1.54) is 24.1 Å². The third-order valence-electron chi connectivity index (χ3n) is 3.26. The maximum absolute atomic E-state index is 4.84. The Balaban J connectivity index is 3.05. The van der Waals surface area contributed by atoms with Gasteiger partial charge in [-0.1, -0.05) is 34.1 Å². The van der Waals surface area contributed by atoms with Crippen molar-refractivity contribution < 1.29 is 0 Å². The largest absolute Gasteiger partial charge is 0.360 e. The maximum atomic E-state index is 4.84. The quantitative estimate of drug-likeness (QED) is 0.853. The van der Waals surface area contributed by atoms with Crippen molar-refractivity contribution in [3.8, 4) is 0 Å². The lowest BCUT2D eigenvalue weighted by Crippen LogP contribution is -2.23. The van der Waals surface area contributed by atoms with Crippen molar-refractivity contribution >= 4 is 5.82 Å². The van der Waals surface area contributed by atoms with Gasteiger partial charge in [-0.15, -0.1) is 0 Å². The van der Waals surface area contributed by atoms with E-state index in [0.29, 0.717) is 0 Å². The molecule has 3 nitrogen and oxygen atoms in total. The molecule has 0 bridgehead atoms. The lowest BCUT2D eigenvalue weighted by atomic mass is 9.90. The molecule has 3 heteroatoms. The molecule has 1 heterocycles.